The van der Waals surface area contributed by atoms with E-state index in [0.717, 1.165) is 23.8 Å². The van der Waals surface area contributed by atoms with Gasteiger partial charge in [-0.05, 0) is 25.9 Å². The predicted octanol–water partition coefficient (Wildman–Crippen LogP) is 2.33. The van der Waals surface area contributed by atoms with Crippen LogP contribution in [0.4, 0.5) is 0 Å². The quantitative estimate of drug-likeness (QED) is 0.645. The van der Waals surface area contributed by atoms with Crippen molar-refractivity contribution in [3.63, 3.8) is 0 Å². The summed E-state index contributed by atoms with van der Waals surface area (Å²) in [4.78, 5) is 11.5. The van der Waals surface area contributed by atoms with Crippen molar-refractivity contribution in [1.82, 2.24) is 15.2 Å². The van der Waals surface area contributed by atoms with Gasteiger partial charge in [0.15, 0.2) is 5.96 Å². The van der Waals surface area contributed by atoms with Crippen LogP contribution >= 0.6 is 11.3 Å². The van der Waals surface area contributed by atoms with E-state index in [2.05, 4.69) is 53.3 Å². The highest BCUT2D eigenvalue weighted by Crippen LogP contribution is 2.25. The standard InChI is InChI=1S/C16H29N5S/c1-5-21-8-6-7-13(21)10-19-15(17)18-9-12-11-22-14(20-12)16(2,3)4/h11,13H,5-10H2,1-4H3,(H3,17,18,19). The molecule has 0 aliphatic carbocycles. The van der Waals surface area contributed by atoms with Crippen LogP contribution in [0.5, 0.6) is 0 Å². The summed E-state index contributed by atoms with van der Waals surface area (Å²) in [6, 6.07) is 0.588. The van der Waals surface area contributed by atoms with Gasteiger partial charge in [0.1, 0.15) is 0 Å². The molecule has 1 saturated heterocycles. The van der Waals surface area contributed by atoms with Gasteiger partial charge in [-0.3, -0.25) is 4.90 Å². The lowest BCUT2D eigenvalue weighted by Crippen LogP contribution is -2.42. The monoisotopic (exact) mass is 323 g/mol. The number of nitrogens with two attached hydrogens (primary N) is 1. The van der Waals surface area contributed by atoms with Gasteiger partial charge in [-0.25, -0.2) is 9.98 Å². The van der Waals surface area contributed by atoms with Gasteiger partial charge in [0, 0.05) is 23.4 Å². The molecule has 0 saturated carbocycles. The maximum atomic E-state index is 5.98. The highest BCUT2D eigenvalue weighted by molar-refractivity contribution is 7.09. The first-order chi connectivity index (χ1) is 10.4. The summed E-state index contributed by atoms with van der Waals surface area (Å²) in [5, 5.41) is 6.48. The van der Waals surface area contributed by atoms with E-state index >= 15 is 0 Å². The summed E-state index contributed by atoms with van der Waals surface area (Å²) in [6.45, 7) is 12.5. The molecule has 1 aromatic heterocycles. The number of aromatic nitrogens is 1. The van der Waals surface area contributed by atoms with Crippen LogP contribution in [0, 0.1) is 0 Å². The van der Waals surface area contributed by atoms with Crippen LogP contribution in [0.2, 0.25) is 0 Å². The first-order valence-electron chi connectivity index (χ1n) is 8.13. The van der Waals surface area contributed by atoms with Crippen molar-refractivity contribution < 1.29 is 0 Å². The molecule has 1 atom stereocenters. The third kappa shape index (κ3) is 4.68. The molecule has 1 aliphatic rings. The Bertz CT molecular complexity index is 503. The lowest BCUT2D eigenvalue weighted by atomic mass is 9.98. The number of nitrogens with one attached hydrogen (secondary N) is 1. The molecule has 2 rings (SSSR count). The summed E-state index contributed by atoms with van der Waals surface area (Å²) >= 11 is 1.70. The topological polar surface area (TPSA) is 66.5 Å². The third-order valence-corrected chi connectivity index (χ3v) is 5.35. The van der Waals surface area contributed by atoms with Crippen LogP contribution in [0.3, 0.4) is 0 Å². The van der Waals surface area contributed by atoms with Gasteiger partial charge >= 0.3 is 0 Å². The summed E-state index contributed by atoms with van der Waals surface area (Å²) in [5.41, 5.74) is 7.07. The zero-order chi connectivity index (χ0) is 16.2. The normalized spacial score (nSPS) is 20.5. The van der Waals surface area contributed by atoms with Gasteiger partial charge in [-0.2, -0.15) is 0 Å². The Balaban J connectivity index is 1.81. The molecule has 0 bridgehead atoms. The van der Waals surface area contributed by atoms with Crippen molar-refractivity contribution in [1.29, 1.82) is 0 Å². The number of guanidine groups is 1. The lowest BCUT2D eigenvalue weighted by Gasteiger charge is -2.23. The van der Waals surface area contributed by atoms with E-state index in [4.69, 9.17) is 5.73 Å². The van der Waals surface area contributed by atoms with E-state index < -0.39 is 0 Å². The van der Waals surface area contributed by atoms with Crippen LogP contribution < -0.4 is 11.1 Å². The zero-order valence-electron chi connectivity index (χ0n) is 14.2. The number of hydrogen-bond acceptors (Lipinski definition) is 4. The van der Waals surface area contributed by atoms with Crippen molar-refractivity contribution in [2.24, 2.45) is 10.7 Å². The molecular weight excluding hydrogens is 294 g/mol. The fraction of sp³-hybridized carbons (Fsp3) is 0.750. The van der Waals surface area contributed by atoms with E-state index in [0.29, 0.717) is 18.5 Å². The smallest absolute Gasteiger partial charge is 0.189 e. The Kier molecular flexibility index (Phi) is 5.81. The molecule has 1 aliphatic heterocycles. The number of aliphatic imine (C=N–C) groups is 1. The number of hydrogen-bond donors (Lipinski definition) is 2. The first kappa shape index (κ1) is 17.2. The number of likely N-dealkylation sites (tertiary alicyclic amines) is 1. The summed E-state index contributed by atoms with van der Waals surface area (Å²) in [7, 11) is 0. The highest BCUT2D eigenvalue weighted by atomic mass is 32.1. The molecule has 22 heavy (non-hydrogen) atoms. The van der Waals surface area contributed by atoms with Crippen LogP contribution in [0.25, 0.3) is 0 Å². The lowest BCUT2D eigenvalue weighted by molar-refractivity contribution is 0.267. The Labute approximate surface area is 138 Å². The second kappa shape index (κ2) is 7.42. The molecule has 1 unspecified atom stereocenters. The van der Waals surface area contributed by atoms with Crippen molar-refractivity contribution in [3.8, 4) is 0 Å². The van der Waals surface area contributed by atoms with Crippen LogP contribution in [-0.2, 0) is 12.0 Å². The van der Waals surface area contributed by atoms with Crippen LogP contribution in [0.15, 0.2) is 10.4 Å². The van der Waals surface area contributed by atoms with Gasteiger partial charge < -0.3 is 11.1 Å². The summed E-state index contributed by atoms with van der Waals surface area (Å²) in [6.07, 6.45) is 2.53. The van der Waals surface area contributed by atoms with Crippen molar-refractivity contribution in [2.75, 3.05) is 19.6 Å². The summed E-state index contributed by atoms with van der Waals surface area (Å²) < 4.78 is 0. The Morgan fingerprint density at radius 2 is 2.32 bits per heavy atom. The molecule has 0 aromatic carbocycles. The fourth-order valence-electron chi connectivity index (χ4n) is 2.71. The Hall–Kier alpha value is -1.14. The molecule has 2 heterocycles. The molecule has 124 valence electrons. The van der Waals surface area contributed by atoms with Gasteiger partial charge in [-0.1, -0.05) is 27.7 Å². The van der Waals surface area contributed by atoms with Crippen molar-refractivity contribution in [2.45, 2.75) is 58.5 Å². The molecule has 5 nitrogen and oxygen atoms in total. The SMILES string of the molecule is CCN1CCCC1CNC(N)=NCc1csc(C(C)(C)C)n1. The molecule has 3 N–H and O–H groups in total. The van der Waals surface area contributed by atoms with Gasteiger partial charge in [0.25, 0.3) is 0 Å². The summed E-state index contributed by atoms with van der Waals surface area (Å²) in [5.74, 6) is 0.522. The van der Waals surface area contributed by atoms with Crippen LogP contribution in [-0.4, -0.2) is 41.5 Å². The average molecular weight is 324 g/mol. The second-order valence-electron chi connectivity index (χ2n) is 6.90. The molecule has 0 radical (unpaired) electrons. The average Bonchev–Trinajstić information content (AvgIpc) is 3.10. The first-order valence-corrected chi connectivity index (χ1v) is 9.01. The number of likely N-dealkylation sites (N-methyl/N-ethyl adjacent to an activating group) is 1. The van der Waals surface area contributed by atoms with Crippen LogP contribution in [0.1, 0.15) is 51.2 Å². The van der Waals surface area contributed by atoms with Gasteiger partial charge in [-0.15, -0.1) is 11.3 Å². The predicted molar refractivity (Wildman–Crippen MR) is 94.4 cm³/mol. The fourth-order valence-corrected chi connectivity index (χ4v) is 3.61. The molecular formula is C16H29N5S. The van der Waals surface area contributed by atoms with E-state index in [1.165, 1.54) is 19.4 Å². The molecule has 0 spiro atoms. The number of rotatable bonds is 5. The Morgan fingerprint density at radius 1 is 1.55 bits per heavy atom. The minimum atomic E-state index is 0.0997. The maximum Gasteiger partial charge on any atom is 0.189 e. The highest BCUT2D eigenvalue weighted by Gasteiger charge is 2.22. The number of nitrogens with zero attached hydrogens (tertiary/aromatic N) is 3. The molecule has 1 aromatic rings. The maximum absolute atomic E-state index is 5.98. The minimum absolute atomic E-state index is 0.0997. The van der Waals surface area contributed by atoms with Gasteiger partial charge in [0.2, 0.25) is 0 Å². The minimum Gasteiger partial charge on any atom is -0.370 e. The van der Waals surface area contributed by atoms with E-state index in [1.54, 1.807) is 11.3 Å². The molecule has 1 fully saturated rings. The molecule has 0 amide bonds. The van der Waals surface area contributed by atoms with E-state index in [9.17, 15) is 0 Å². The van der Waals surface area contributed by atoms with Crippen molar-refractivity contribution in [3.05, 3.63) is 16.1 Å². The largest absolute Gasteiger partial charge is 0.370 e. The molecule has 6 heteroatoms. The van der Waals surface area contributed by atoms with E-state index in [-0.39, 0.29) is 5.41 Å². The zero-order valence-corrected chi connectivity index (χ0v) is 15.0. The van der Waals surface area contributed by atoms with Crippen molar-refractivity contribution >= 4 is 17.3 Å². The Morgan fingerprint density at radius 3 is 2.95 bits per heavy atom. The number of thiazole rings is 1. The third-order valence-electron chi connectivity index (χ3n) is 4.03. The second-order valence-corrected chi connectivity index (χ2v) is 7.76. The van der Waals surface area contributed by atoms with Gasteiger partial charge in [0.05, 0.1) is 17.2 Å². The van der Waals surface area contributed by atoms with E-state index in [1.807, 2.05) is 0 Å².